The lowest BCUT2D eigenvalue weighted by atomic mass is 10.2. The van der Waals surface area contributed by atoms with E-state index in [1.807, 2.05) is 0 Å². The molecule has 14 heavy (non-hydrogen) atoms. The summed E-state index contributed by atoms with van der Waals surface area (Å²) in [5, 5.41) is 3.16. The van der Waals surface area contributed by atoms with Gasteiger partial charge in [-0.25, -0.2) is 4.39 Å². The summed E-state index contributed by atoms with van der Waals surface area (Å²) in [4.78, 5) is 4.31. The van der Waals surface area contributed by atoms with Crippen LogP contribution in [0.5, 0.6) is 0 Å². The summed E-state index contributed by atoms with van der Waals surface area (Å²) >= 11 is 3.38. The lowest BCUT2D eigenvalue weighted by Gasteiger charge is -2.15. The summed E-state index contributed by atoms with van der Waals surface area (Å²) in [6.45, 7) is 1.72. The number of aliphatic imine (C=N–C) groups is 1. The number of benzene rings is 1. The average molecular weight is 257 g/mol. The van der Waals surface area contributed by atoms with Crippen molar-refractivity contribution in [3.63, 3.8) is 0 Å². The Morgan fingerprint density at radius 3 is 3.00 bits per heavy atom. The molecule has 1 aliphatic heterocycles. The highest BCUT2D eigenvalue weighted by Gasteiger charge is 2.10. The van der Waals surface area contributed by atoms with Crippen molar-refractivity contribution in [2.24, 2.45) is 4.99 Å². The molecular weight excluding hydrogens is 247 g/mol. The molecule has 0 unspecified atom stereocenters. The Balaban J connectivity index is 2.39. The summed E-state index contributed by atoms with van der Waals surface area (Å²) in [6.07, 6.45) is 1.04. The van der Waals surface area contributed by atoms with Crippen LogP contribution in [-0.2, 0) is 0 Å². The van der Waals surface area contributed by atoms with Crippen LogP contribution in [0.2, 0.25) is 0 Å². The summed E-state index contributed by atoms with van der Waals surface area (Å²) in [6, 6.07) is 4.61. The first-order valence-corrected chi connectivity index (χ1v) is 5.30. The molecule has 0 amide bonds. The number of hydrogen-bond donors (Lipinski definition) is 1. The van der Waals surface area contributed by atoms with E-state index in [0.717, 1.165) is 35.4 Å². The maximum atomic E-state index is 13.0. The fourth-order valence-electron chi connectivity index (χ4n) is 1.39. The third-order valence-electron chi connectivity index (χ3n) is 2.08. The molecule has 0 spiro atoms. The normalized spacial score (nSPS) is 16.0. The molecule has 0 saturated carbocycles. The quantitative estimate of drug-likeness (QED) is 0.820. The molecule has 2 rings (SSSR count). The van der Waals surface area contributed by atoms with Gasteiger partial charge in [0.2, 0.25) is 0 Å². The molecule has 0 aromatic heterocycles. The maximum absolute atomic E-state index is 13.0. The molecule has 0 saturated heterocycles. The van der Waals surface area contributed by atoms with E-state index in [1.165, 1.54) is 12.1 Å². The van der Waals surface area contributed by atoms with E-state index in [0.29, 0.717) is 0 Å². The van der Waals surface area contributed by atoms with Gasteiger partial charge in [-0.15, -0.1) is 0 Å². The minimum Gasteiger partial charge on any atom is -0.370 e. The van der Waals surface area contributed by atoms with E-state index in [4.69, 9.17) is 0 Å². The second-order valence-electron chi connectivity index (χ2n) is 3.13. The van der Waals surface area contributed by atoms with Crippen molar-refractivity contribution in [1.82, 2.24) is 5.32 Å². The molecule has 0 radical (unpaired) electrons. The minimum atomic E-state index is -0.238. The molecule has 1 N–H and O–H groups in total. The Hall–Kier alpha value is -0.900. The standard InChI is InChI=1S/C10H10BrFN2/c11-9-3-2-7(12)6-8(9)10-13-4-1-5-14-10/h2-3,6H,1,4-5H2,(H,13,14). The van der Waals surface area contributed by atoms with E-state index >= 15 is 0 Å². The first kappa shape index (κ1) is 9.65. The molecule has 1 heterocycles. The molecule has 1 aliphatic rings. The van der Waals surface area contributed by atoms with Crippen molar-refractivity contribution in [2.45, 2.75) is 6.42 Å². The van der Waals surface area contributed by atoms with Gasteiger partial charge in [-0.2, -0.15) is 0 Å². The fourth-order valence-corrected chi connectivity index (χ4v) is 1.83. The van der Waals surface area contributed by atoms with Crippen LogP contribution in [0.1, 0.15) is 12.0 Å². The Morgan fingerprint density at radius 1 is 1.43 bits per heavy atom. The third kappa shape index (κ3) is 1.95. The Bertz CT molecular complexity index is 376. The predicted molar refractivity (Wildman–Crippen MR) is 58.1 cm³/mol. The van der Waals surface area contributed by atoms with Gasteiger partial charge in [-0.05, 0) is 24.6 Å². The lowest BCUT2D eigenvalue weighted by molar-refractivity contribution is 0.626. The number of nitrogens with zero attached hydrogens (tertiary/aromatic N) is 1. The van der Waals surface area contributed by atoms with Crippen LogP contribution in [0.25, 0.3) is 0 Å². The van der Waals surface area contributed by atoms with Crippen LogP contribution in [0.4, 0.5) is 4.39 Å². The zero-order valence-corrected chi connectivity index (χ0v) is 9.14. The van der Waals surface area contributed by atoms with Crippen LogP contribution in [0.3, 0.4) is 0 Å². The predicted octanol–water partition coefficient (Wildman–Crippen LogP) is 2.33. The zero-order chi connectivity index (χ0) is 9.97. The highest BCUT2D eigenvalue weighted by Crippen LogP contribution is 2.18. The zero-order valence-electron chi connectivity index (χ0n) is 7.56. The Morgan fingerprint density at radius 2 is 2.29 bits per heavy atom. The van der Waals surface area contributed by atoms with Gasteiger partial charge in [-0.3, -0.25) is 4.99 Å². The van der Waals surface area contributed by atoms with Gasteiger partial charge in [0.05, 0.1) is 0 Å². The van der Waals surface area contributed by atoms with Crippen LogP contribution in [0.15, 0.2) is 27.7 Å². The summed E-state index contributed by atoms with van der Waals surface area (Å²) in [5.41, 5.74) is 0.796. The van der Waals surface area contributed by atoms with Crippen LogP contribution >= 0.6 is 15.9 Å². The van der Waals surface area contributed by atoms with E-state index in [-0.39, 0.29) is 5.82 Å². The highest BCUT2D eigenvalue weighted by molar-refractivity contribution is 9.10. The van der Waals surface area contributed by atoms with Crippen molar-refractivity contribution < 1.29 is 4.39 Å². The summed E-state index contributed by atoms with van der Waals surface area (Å²) < 4.78 is 13.9. The smallest absolute Gasteiger partial charge is 0.129 e. The molecule has 0 atom stereocenters. The van der Waals surface area contributed by atoms with Gasteiger partial charge in [0.1, 0.15) is 11.7 Å². The van der Waals surface area contributed by atoms with E-state index in [1.54, 1.807) is 6.07 Å². The molecule has 0 bridgehead atoms. The van der Waals surface area contributed by atoms with Gasteiger partial charge in [-0.1, -0.05) is 15.9 Å². The Labute approximate surface area is 90.4 Å². The average Bonchev–Trinajstić information content (AvgIpc) is 2.23. The molecule has 1 aromatic rings. The van der Waals surface area contributed by atoms with Crippen LogP contribution in [0, 0.1) is 5.82 Å². The van der Waals surface area contributed by atoms with Crippen LogP contribution in [-0.4, -0.2) is 18.9 Å². The van der Waals surface area contributed by atoms with Gasteiger partial charge >= 0.3 is 0 Å². The Kier molecular flexibility index (Phi) is 2.82. The summed E-state index contributed by atoms with van der Waals surface area (Å²) in [5.74, 6) is 0.542. The van der Waals surface area contributed by atoms with Crippen molar-refractivity contribution in [1.29, 1.82) is 0 Å². The van der Waals surface area contributed by atoms with E-state index < -0.39 is 0 Å². The van der Waals surface area contributed by atoms with Gasteiger partial charge < -0.3 is 5.32 Å². The van der Waals surface area contributed by atoms with Gasteiger partial charge in [0, 0.05) is 23.1 Å². The maximum Gasteiger partial charge on any atom is 0.129 e. The number of rotatable bonds is 1. The molecule has 0 fully saturated rings. The molecule has 4 heteroatoms. The first-order valence-electron chi connectivity index (χ1n) is 4.51. The van der Waals surface area contributed by atoms with Crippen LogP contribution < -0.4 is 5.32 Å². The minimum absolute atomic E-state index is 0.238. The second kappa shape index (κ2) is 4.09. The summed E-state index contributed by atoms with van der Waals surface area (Å²) in [7, 11) is 0. The first-order chi connectivity index (χ1) is 6.77. The highest BCUT2D eigenvalue weighted by atomic mass is 79.9. The van der Waals surface area contributed by atoms with Crippen molar-refractivity contribution in [2.75, 3.05) is 13.1 Å². The monoisotopic (exact) mass is 256 g/mol. The molecule has 1 aromatic carbocycles. The fraction of sp³-hybridized carbons (Fsp3) is 0.300. The number of nitrogens with one attached hydrogen (secondary N) is 1. The molecule has 74 valence electrons. The van der Waals surface area contributed by atoms with Crippen molar-refractivity contribution >= 4 is 21.8 Å². The van der Waals surface area contributed by atoms with E-state index in [9.17, 15) is 4.39 Å². The van der Waals surface area contributed by atoms with Crippen molar-refractivity contribution in [3.8, 4) is 0 Å². The number of amidine groups is 1. The second-order valence-corrected chi connectivity index (χ2v) is 3.99. The molecular formula is C10H10BrFN2. The molecule has 2 nitrogen and oxygen atoms in total. The van der Waals surface area contributed by atoms with Gasteiger partial charge in [0.25, 0.3) is 0 Å². The lowest BCUT2D eigenvalue weighted by Crippen LogP contribution is -2.30. The van der Waals surface area contributed by atoms with Gasteiger partial charge in [0.15, 0.2) is 0 Å². The van der Waals surface area contributed by atoms with Crippen molar-refractivity contribution in [3.05, 3.63) is 34.1 Å². The molecule has 0 aliphatic carbocycles. The topological polar surface area (TPSA) is 24.4 Å². The number of hydrogen-bond acceptors (Lipinski definition) is 2. The largest absolute Gasteiger partial charge is 0.370 e. The SMILES string of the molecule is Fc1ccc(Br)c(C2=NCCCN2)c1. The van der Waals surface area contributed by atoms with E-state index in [2.05, 4.69) is 26.2 Å². The third-order valence-corrected chi connectivity index (χ3v) is 2.77. The number of halogens is 2.